The van der Waals surface area contributed by atoms with E-state index in [-0.39, 0.29) is 5.91 Å². The van der Waals surface area contributed by atoms with E-state index in [9.17, 15) is 9.59 Å². The average molecular weight is 298 g/mol. The van der Waals surface area contributed by atoms with Crippen LogP contribution in [0.5, 0.6) is 5.75 Å². The molecule has 1 aromatic carbocycles. The maximum Gasteiger partial charge on any atom is 0.328 e. The third-order valence-corrected chi connectivity index (χ3v) is 3.81. The van der Waals surface area contributed by atoms with Crippen LogP contribution in [0.2, 0.25) is 5.02 Å². The van der Waals surface area contributed by atoms with Crippen molar-refractivity contribution < 1.29 is 19.1 Å². The normalized spacial score (nSPS) is 18.3. The Kier molecular flexibility index (Phi) is 4.18. The van der Waals surface area contributed by atoms with E-state index in [1.54, 1.807) is 12.1 Å². The van der Waals surface area contributed by atoms with Gasteiger partial charge in [-0.3, -0.25) is 9.69 Å². The Morgan fingerprint density at radius 1 is 1.40 bits per heavy atom. The molecular formula is C14H16ClNO4. The van der Waals surface area contributed by atoms with E-state index in [2.05, 4.69) is 0 Å². The summed E-state index contributed by atoms with van der Waals surface area (Å²) in [5, 5.41) is 0.548. The molecule has 0 aliphatic carbocycles. The summed E-state index contributed by atoms with van der Waals surface area (Å²) in [4.78, 5) is 25.3. The van der Waals surface area contributed by atoms with Gasteiger partial charge in [0.05, 0.1) is 19.9 Å². The maximum absolute atomic E-state index is 12.1. The first-order valence-corrected chi connectivity index (χ1v) is 6.61. The van der Waals surface area contributed by atoms with Gasteiger partial charge in [-0.05, 0) is 25.0 Å². The second kappa shape index (κ2) is 5.71. The molecule has 0 spiro atoms. The third-order valence-electron chi connectivity index (χ3n) is 3.40. The number of carbonyl (C=O) groups excluding carboxylic acids is 2. The van der Waals surface area contributed by atoms with Crippen LogP contribution in [0.25, 0.3) is 0 Å². The number of hydrogen-bond donors (Lipinski definition) is 0. The predicted molar refractivity (Wildman–Crippen MR) is 75.3 cm³/mol. The molecule has 5 nitrogen and oxygen atoms in total. The Hall–Kier alpha value is -1.75. The second-order valence-corrected chi connectivity index (χ2v) is 5.02. The number of halogens is 1. The number of hydrogen-bond acceptors (Lipinski definition) is 4. The Bertz CT molecular complexity index is 558. The van der Waals surface area contributed by atoms with Crippen molar-refractivity contribution in [2.24, 2.45) is 0 Å². The van der Waals surface area contributed by atoms with Gasteiger partial charge in [0.1, 0.15) is 11.8 Å². The number of carbonyl (C=O) groups is 2. The van der Waals surface area contributed by atoms with Crippen molar-refractivity contribution in [2.45, 2.75) is 25.8 Å². The summed E-state index contributed by atoms with van der Waals surface area (Å²) >= 11 is 6.06. The third kappa shape index (κ3) is 2.45. The van der Waals surface area contributed by atoms with Crippen molar-refractivity contribution in [1.29, 1.82) is 0 Å². The first-order chi connectivity index (χ1) is 9.49. The molecule has 108 valence electrons. The van der Waals surface area contributed by atoms with Crippen molar-refractivity contribution in [1.82, 2.24) is 0 Å². The maximum atomic E-state index is 12.1. The number of nitrogens with zero attached hydrogens (tertiary/aromatic N) is 1. The van der Waals surface area contributed by atoms with Crippen LogP contribution in [-0.2, 0) is 14.3 Å². The van der Waals surface area contributed by atoms with Gasteiger partial charge in [0.2, 0.25) is 5.91 Å². The molecule has 6 heteroatoms. The van der Waals surface area contributed by atoms with Crippen LogP contribution in [0.4, 0.5) is 5.69 Å². The van der Waals surface area contributed by atoms with E-state index in [1.165, 1.54) is 19.1 Å². The van der Waals surface area contributed by atoms with E-state index < -0.39 is 12.0 Å². The lowest BCUT2D eigenvalue weighted by molar-refractivity contribution is -0.142. The Morgan fingerprint density at radius 3 is 2.70 bits per heavy atom. The Labute approximate surface area is 122 Å². The van der Waals surface area contributed by atoms with Crippen LogP contribution < -0.4 is 9.64 Å². The number of rotatable bonds is 3. The van der Waals surface area contributed by atoms with E-state index in [0.29, 0.717) is 29.3 Å². The van der Waals surface area contributed by atoms with Crippen LogP contribution in [0.15, 0.2) is 12.1 Å². The SMILES string of the molecule is COC(=O)C1CCC(=O)N1c1cc(C)c(Cl)cc1OC. The van der Waals surface area contributed by atoms with E-state index in [1.807, 2.05) is 6.92 Å². The van der Waals surface area contributed by atoms with Gasteiger partial charge in [-0.15, -0.1) is 0 Å². The van der Waals surface area contributed by atoms with Crippen LogP contribution in [0.1, 0.15) is 18.4 Å². The van der Waals surface area contributed by atoms with Gasteiger partial charge in [-0.25, -0.2) is 4.79 Å². The zero-order valence-corrected chi connectivity index (χ0v) is 12.4. The number of esters is 1. The van der Waals surface area contributed by atoms with Gasteiger partial charge in [0, 0.05) is 17.5 Å². The van der Waals surface area contributed by atoms with Crippen LogP contribution in [0.3, 0.4) is 0 Å². The highest BCUT2D eigenvalue weighted by Crippen LogP contribution is 2.38. The molecule has 1 amide bonds. The number of benzene rings is 1. The number of anilines is 1. The van der Waals surface area contributed by atoms with Gasteiger partial charge in [0.25, 0.3) is 0 Å². The van der Waals surface area contributed by atoms with Gasteiger partial charge in [-0.2, -0.15) is 0 Å². The van der Waals surface area contributed by atoms with Gasteiger partial charge >= 0.3 is 5.97 Å². The number of methoxy groups -OCH3 is 2. The number of amides is 1. The zero-order chi connectivity index (χ0) is 14.9. The summed E-state index contributed by atoms with van der Waals surface area (Å²) in [7, 11) is 2.81. The van der Waals surface area contributed by atoms with Gasteiger partial charge in [0.15, 0.2) is 0 Å². The summed E-state index contributed by atoms with van der Waals surface area (Å²) in [6.45, 7) is 1.83. The molecule has 1 aromatic rings. The van der Waals surface area contributed by atoms with E-state index in [4.69, 9.17) is 21.1 Å². The van der Waals surface area contributed by atoms with Crippen molar-refractivity contribution >= 4 is 29.2 Å². The predicted octanol–water partition coefficient (Wildman–Crippen LogP) is 2.33. The smallest absolute Gasteiger partial charge is 0.328 e. The molecule has 1 saturated heterocycles. The Morgan fingerprint density at radius 2 is 2.10 bits per heavy atom. The lowest BCUT2D eigenvalue weighted by atomic mass is 10.1. The van der Waals surface area contributed by atoms with Crippen LogP contribution >= 0.6 is 11.6 Å². The van der Waals surface area contributed by atoms with E-state index >= 15 is 0 Å². The molecule has 1 unspecified atom stereocenters. The quantitative estimate of drug-likeness (QED) is 0.804. The summed E-state index contributed by atoms with van der Waals surface area (Å²) < 4.78 is 10.0. The first-order valence-electron chi connectivity index (χ1n) is 6.23. The van der Waals surface area contributed by atoms with Crippen molar-refractivity contribution in [3.8, 4) is 5.75 Å². The number of ether oxygens (including phenoxy) is 2. The summed E-state index contributed by atoms with van der Waals surface area (Å²) in [5.41, 5.74) is 1.36. The van der Waals surface area contributed by atoms with Crippen molar-refractivity contribution in [3.05, 3.63) is 22.7 Å². The van der Waals surface area contributed by atoms with E-state index in [0.717, 1.165) is 5.56 Å². The second-order valence-electron chi connectivity index (χ2n) is 4.61. The van der Waals surface area contributed by atoms with Crippen molar-refractivity contribution in [2.75, 3.05) is 19.1 Å². The van der Waals surface area contributed by atoms with Gasteiger partial charge in [-0.1, -0.05) is 11.6 Å². The monoisotopic (exact) mass is 297 g/mol. The summed E-state index contributed by atoms with van der Waals surface area (Å²) in [6, 6.07) is 2.79. The molecule has 0 radical (unpaired) electrons. The fraction of sp³-hybridized carbons (Fsp3) is 0.429. The standard InChI is InChI=1S/C14H16ClNO4/c1-8-6-11(12(19-2)7-9(8)15)16-10(14(18)20-3)4-5-13(16)17/h6-7,10H,4-5H2,1-3H3. The Balaban J connectivity index is 2.50. The molecule has 1 heterocycles. The molecule has 0 bridgehead atoms. The minimum Gasteiger partial charge on any atom is -0.495 e. The largest absolute Gasteiger partial charge is 0.495 e. The number of aryl methyl sites for hydroxylation is 1. The summed E-state index contributed by atoms with van der Waals surface area (Å²) in [5.74, 6) is -0.0873. The molecule has 20 heavy (non-hydrogen) atoms. The van der Waals surface area contributed by atoms with Crippen LogP contribution in [-0.4, -0.2) is 32.1 Å². The highest BCUT2D eigenvalue weighted by atomic mass is 35.5. The lowest BCUT2D eigenvalue weighted by Crippen LogP contribution is -2.39. The molecular weight excluding hydrogens is 282 g/mol. The molecule has 2 rings (SSSR count). The molecule has 1 aliphatic rings. The fourth-order valence-electron chi connectivity index (χ4n) is 2.34. The van der Waals surface area contributed by atoms with Gasteiger partial charge < -0.3 is 9.47 Å². The highest BCUT2D eigenvalue weighted by Gasteiger charge is 2.39. The molecule has 1 fully saturated rings. The van der Waals surface area contributed by atoms with Crippen molar-refractivity contribution in [3.63, 3.8) is 0 Å². The molecule has 0 aromatic heterocycles. The molecule has 0 N–H and O–H groups in total. The molecule has 1 atom stereocenters. The fourth-order valence-corrected chi connectivity index (χ4v) is 2.50. The average Bonchev–Trinajstić information content (AvgIpc) is 2.82. The topological polar surface area (TPSA) is 55.8 Å². The molecule has 0 saturated carbocycles. The zero-order valence-electron chi connectivity index (χ0n) is 11.6. The lowest BCUT2D eigenvalue weighted by Gasteiger charge is -2.25. The minimum atomic E-state index is -0.609. The summed E-state index contributed by atoms with van der Waals surface area (Å²) in [6.07, 6.45) is 0.751. The first kappa shape index (κ1) is 14.7. The molecule has 1 aliphatic heterocycles. The minimum absolute atomic E-state index is 0.125. The highest BCUT2D eigenvalue weighted by molar-refractivity contribution is 6.31. The van der Waals surface area contributed by atoms with Crippen LogP contribution in [0, 0.1) is 6.92 Å².